The van der Waals surface area contributed by atoms with Gasteiger partial charge in [-0.25, -0.2) is 0 Å². The maximum absolute atomic E-state index is 5.90. The molecule has 2 nitrogen and oxygen atoms in total. The van der Waals surface area contributed by atoms with Crippen LogP contribution < -0.4 is 11.1 Å². The van der Waals surface area contributed by atoms with Crippen LogP contribution in [0.3, 0.4) is 0 Å². The highest BCUT2D eigenvalue weighted by Gasteiger charge is 2.24. The van der Waals surface area contributed by atoms with E-state index in [-0.39, 0.29) is 0 Å². The number of thioether (sulfide) groups is 1. The highest BCUT2D eigenvalue weighted by atomic mass is 79.9. The summed E-state index contributed by atoms with van der Waals surface area (Å²) in [4.78, 5) is 0. The van der Waals surface area contributed by atoms with Gasteiger partial charge in [-0.1, -0.05) is 6.92 Å². The summed E-state index contributed by atoms with van der Waals surface area (Å²) in [6.45, 7) is 4.29. The molecular formula is C14H21BrN2S. The molecule has 100 valence electrons. The Morgan fingerprint density at radius 2 is 2.22 bits per heavy atom. The number of rotatable bonds is 4. The maximum Gasteiger partial charge on any atom is 0.0490 e. The van der Waals surface area contributed by atoms with Crippen molar-refractivity contribution in [1.29, 1.82) is 0 Å². The fourth-order valence-electron chi connectivity index (χ4n) is 2.49. The van der Waals surface area contributed by atoms with Crippen LogP contribution >= 0.6 is 27.7 Å². The van der Waals surface area contributed by atoms with Gasteiger partial charge in [0.15, 0.2) is 0 Å². The molecule has 4 heteroatoms. The molecule has 0 bridgehead atoms. The quantitative estimate of drug-likeness (QED) is 0.803. The highest BCUT2D eigenvalue weighted by Crippen LogP contribution is 2.34. The molecule has 0 amide bonds. The third-order valence-electron chi connectivity index (χ3n) is 3.50. The summed E-state index contributed by atoms with van der Waals surface area (Å²) in [6, 6.07) is 4.73. The molecule has 1 aromatic carbocycles. The van der Waals surface area contributed by atoms with E-state index in [1.54, 1.807) is 0 Å². The molecule has 2 atom stereocenters. The van der Waals surface area contributed by atoms with Crippen molar-refractivity contribution in [2.75, 3.05) is 16.8 Å². The van der Waals surface area contributed by atoms with Gasteiger partial charge in [-0.2, -0.15) is 11.8 Å². The summed E-state index contributed by atoms with van der Waals surface area (Å²) in [5, 5.41) is 4.48. The minimum atomic E-state index is 0.605. The Hall–Kier alpha value is -0.350. The summed E-state index contributed by atoms with van der Waals surface area (Å²) in [5.41, 5.74) is 9.06. The lowest BCUT2D eigenvalue weighted by Gasteiger charge is -2.17. The predicted octanol–water partition coefficient (Wildman–Crippen LogP) is 4.43. The van der Waals surface area contributed by atoms with Crippen LogP contribution in [-0.4, -0.2) is 17.0 Å². The molecule has 0 saturated heterocycles. The Bertz CT molecular complexity index is 423. The summed E-state index contributed by atoms with van der Waals surface area (Å²) < 4.78 is 1.07. The van der Waals surface area contributed by atoms with Gasteiger partial charge < -0.3 is 11.1 Å². The number of benzene rings is 1. The van der Waals surface area contributed by atoms with Crippen LogP contribution in [0.4, 0.5) is 11.4 Å². The van der Waals surface area contributed by atoms with E-state index in [0.717, 1.165) is 21.0 Å². The number of nitrogens with one attached hydrogen (secondary N) is 1. The second-order valence-corrected chi connectivity index (χ2v) is 7.35. The second kappa shape index (κ2) is 6.20. The molecule has 0 aromatic heterocycles. The molecule has 1 saturated carbocycles. The Kier molecular flexibility index (Phi) is 4.84. The Morgan fingerprint density at radius 3 is 2.94 bits per heavy atom. The standard InChI is InChI=1S/C14H21BrN2S/c1-3-18-11-5-4-10(7-11)17-14-6-9(2)13(16)8-12(14)15/h6,8,10-11,17H,3-5,7,16H2,1-2H3. The molecule has 2 unspecified atom stereocenters. The number of hydrogen-bond donors (Lipinski definition) is 2. The minimum absolute atomic E-state index is 0.605. The molecule has 2 rings (SSSR count). The number of nitrogen functional groups attached to an aromatic ring is 1. The number of halogens is 1. The van der Waals surface area contributed by atoms with Gasteiger partial charge in [-0.3, -0.25) is 0 Å². The van der Waals surface area contributed by atoms with Gasteiger partial charge in [0.1, 0.15) is 0 Å². The van der Waals surface area contributed by atoms with Gasteiger partial charge in [-0.15, -0.1) is 0 Å². The molecule has 0 spiro atoms. The SMILES string of the molecule is CCSC1CCC(Nc2cc(C)c(N)cc2Br)C1. The Labute approximate surface area is 122 Å². The van der Waals surface area contributed by atoms with Gasteiger partial charge in [0.2, 0.25) is 0 Å². The first-order chi connectivity index (χ1) is 8.60. The van der Waals surface area contributed by atoms with Crippen LogP contribution in [0.5, 0.6) is 0 Å². The summed E-state index contributed by atoms with van der Waals surface area (Å²) in [5.74, 6) is 1.22. The third-order valence-corrected chi connectivity index (χ3v) is 5.39. The van der Waals surface area contributed by atoms with Crippen LogP contribution in [0.2, 0.25) is 0 Å². The van der Waals surface area contributed by atoms with Crippen molar-refractivity contribution >= 4 is 39.1 Å². The van der Waals surface area contributed by atoms with E-state index in [1.165, 1.54) is 30.7 Å². The van der Waals surface area contributed by atoms with E-state index < -0.39 is 0 Å². The monoisotopic (exact) mass is 328 g/mol. The lowest BCUT2D eigenvalue weighted by molar-refractivity contribution is 0.756. The molecular weight excluding hydrogens is 308 g/mol. The van der Waals surface area contributed by atoms with Crippen LogP contribution in [0, 0.1) is 6.92 Å². The lowest BCUT2D eigenvalue weighted by Crippen LogP contribution is -2.16. The molecule has 1 aromatic rings. The number of aryl methyl sites for hydroxylation is 1. The first-order valence-electron chi connectivity index (χ1n) is 6.54. The van der Waals surface area contributed by atoms with Crippen molar-refractivity contribution in [2.45, 2.75) is 44.4 Å². The Balaban J connectivity index is 2.00. The van der Waals surface area contributed by atoms with Crippen LogP contribution in [-0.2, 0) is 0 Å². The zero-order chi connectivity index (χ0) is 13.1. The molecule has 1 fully saturated rings. The van der Waals surface area contributed by atoms with Crippen LogP contribution in [0.1, 0.15) is 31.7 Å². The zero-order valence-electron chi connectivity index (χ0n) is 11.0. The van der Waals surface area contributed by atoms with Crippen molar-refractivity contribution in [1.82, 2.24) is 0 Å². The largest absolute Gasteiger partial charge is 0.398 e. The fourth-order valence-corrected chi connectivity index (χ4v) is 4.10. The average molecular weight is 329 g/mol. The van der Waals surface area contributed by atoms with Crippen LogP contribution in [0.15, 0.2) is 16.6 Å². The molecule has 1 aliphatic rings. The second-order valence-electron chi connectivity index (χ2n) is 4.92. The van der Waals surface area contributed by atoms with E-state index in [0.29, 0.717) is 6.04 Å². The first-order valence-corrected chi connectivity index (χ1v) is 8.38. The highest BCUT2D eigenvalue weighted by molar-refractivity contribution is 9.10. The summed E-state index contributed by atoms with van der Waals surface area (Å²) in [6.07, 6.45) is 3.88. The molecule has 0 heterocycles. The minimum Gasteiger partial charge on any atom is -0.398 e. The van der Waals surface area contributed by atoms with Crippen molar-refractivity contribution in [2.24, 2.45) is 0 Å². The van der Waals surface area contributed by atoms with Gasteiger partial charge in [-0.05, 0) is 65.6 Å². The maximum atomic E-state index is 5.90. The van der Waals surface area contributed by atoms with E-state index in [1.807, 2.05) is 6.07 Å². The van der Waals surface area contributed by atoms with Gasteiger partial charge in [0.25, 0.3) is 0 Å². The molecule has 1 aliphatic carbocycles. The van der Waals surface area contributed by atoms with Crippen molar-refractivity contribution < 1.29 is 0 Å². The van der Waals surface area contributed by atoms with E-state index in [4.69, 9.17) is 5.73 Å². The lowest BCUT2D eigenvalue weighted by atomic mass is 10.1. The number of hydrogen-bond acceptors (Lipinski definition) is 3. The fraction of sp³-hybridized carbons (Fsp3) is 0.571. The van der Waals surface area contributed by atoms with Gasteiger partial charge in [0.05, 0.1) is 0 Å². The first kappa shape index (κ1) is 14.1. The van der Waals surface area contributed by atoms with E-state index in [2.05, 4.69) is 52.9 Å². The van der Waals surface area contributed by atoms with E-state index >= 15 is 0 Å². The average Bonchev–Trinajstić information content (AvgIpc) is 2.74. The van der Waals surface area contributed by atoms with Crippen LogP contribution in [0.25, 0.3) is 0 Å². The zero-order valence-corrected chi connectivity index (χ0v) is 13.4. The van der Waals surface area contributed by atoms with Gasteiger partial charge >= 0.3 is 0 Å². The van der Waals surface area contributed by atoms with E-state index in [9.17, 15) is 0 Å². The van der Waals surface area contributed by atoms with Gasteiger partial charge in [0, 0.05) is 27.1 Å². The molecule has 18 heavy (non-hydrogen) atoms. The normalized spacial score (nSPS) is 23.3. The number of anilines is 2. The summed E-state index contributed by atoms with van der Waals surface area (Å²) in [7, 11) is 0. The topological polar surface area (TPSA) is 38.0 Å². The summed E-state index contributed by atoms with van der Waals surface area (Å²) >= 11 is 5.68. The Morgan fingerprint density at radius 1 is 1.44 bits per heavy atom. The smallest absolute Gasteiger partial charge is 0.0490 e. The molecule has 3 N–H and O–H groups in total. The molecule has 0 radical (unpaired) electrons. The van der Waals surface area contributed by atoms with Crippen molar-refractivity contribution in [3.05, 3.63) is 22.2 Å². The van der Waals surface area contributed by atoms with Crippen molar-refractivity contribution in [3.8, 4) is 0 Å². The predicted molar refractivity (Wildman–Crippen MR) is 86.5 cm³/mol. The molecule has 0 aliphatic heterocycles. The van der Waals surface area contributed by atoms with Crippen molar-refractivity contribution in [3.63, 3.8) is 0 Å². The number of nitrogens with two attached hydrogens (primary N) is 1. The third kappa shape index (κ3) is 3.35.